The monoisotopic (exact) mass is 697 g/mol. The highest BCUT2D eigenvalue weighted by atomic mass is 35.5. The quantitative estimate of drug-likeness (QED) is 0.391. The molecule has 0 radical (unpaired) electrons. The summed E-state index contributed by atoms with van der Waals surface area (Å²) in [5.41, 5.74) is 3.91. The SMILES string of the molecule is CC1CCCC(C2OCC(N(C)C)CO2)C2CCC2CN2C[C@@]3(CCCc4cc(Cl)ccc43)COc3ccc(cc32)C(=O)NS(=O)C1C. The second-order valence-electron chi connectivity index (χ2n) is 15.4. The average molecular weight is 698 g/mol. The van der Waals surface area contributed by atoms with E-state index in [0.717, 1.165) is 80.9 Å². The van der Waals surface area contributed by atoms with Gasteiger partial charge in [-0.25, -0.2) is 4.21 Å². The first-order valence-corrected chi connectivity index (χ1v) is 19.6. The first kappa shape index (κ1) is 34.3. The second-order valence-corrected chi connectivity index (χ2v) is 17.4. The molecule has 1 saturated carbocycles. The van der Waals surface area contributed by atoms with Gasteiger partial charge in [0.15, 0.2) is 6.29 Å². The minimum atomic E-state index is -1.50. The van der Waals surface area contributed by atoms with E-state index in [2.05, 4.69) is 47.7 Å². The van der Waals surface area contributed by atoms with Crippen molar-refractivity contribution in [2.45, 2.75) is 88.2 Å². The van der Waals surface area contributed by atoms with Gasteiger partial charge in [-0.15, -0.1) is 0 Å². The number of rotatable bonds is 2. The van der Waals surface area contributed by atoms with Gasteiger partial charge in [0.1, 0.15) is 16.7 Å². The van der Waals surface area contributed by atoms with Crippen molar-refractivity contribution in [3.8, 4) is 5.75 Å². The molecule has 10 heteroatoms. The zero-order valence-electron chi connectivity index (χ0n) is 28.9. The number of carbonyl (C=O) groups excluding carboxylic acids is 1. The maximum absolute atomic E-state index is 13.5. The van der Waals surface area contributed by atoms with Gasteiger partial charge in [0.25, 0.3) is 5.91 Å². The molecule has 5 aliphatic rings. The van der Waals surface area contributed by atoms with Gasteiger partial charge in [0.05, 0.1) is 36.8 Å². The summed E-state index contributed by atoms with van der Waals surface area (Å²) < 4.78 is 35.9. The number of ether oxygens (including phenoxy) is 3. The Morgan fingerprint density at radius 1 is 1.00 bits per heavy atom. The van der Waals surface area contributed by atoms with Crippen molar-refractivity contribution in [3.63, 3.8) is 0 Å². The Balaban J connectivity index is 1.25. The van der Waals surface area contributed by atoms with Gasteiger partial charge in [-0.3, -0.25) is 9.52 Å². The number of nitrogens with one attached hydrogen (secondary N) is 1. The largest absolute Gasteiger partial charge is 0.490 e. The van der Waals surface area contributed by atoms with E-state index in [0.29, 0.717) is 43.1 Å². The van der Waals surface area contributed by atoms with Crippen LogP contribution in [0.1, 0.15) is 80.3 Å². The summed E-state index contributed by atoms with van der Waals surface area (Å²) in [7, 11) is 2.67. The van der Waals surface area contributed by atoms with Crippen molar-refractivity contribution in [1.29, 1.82) is 0 Å². The summed E-state index contributed by atoms with van der Waals surface area (Å²) in [6.07, 6.45) is 8.21. The fourth-order valence-corrected chi connectivity index (χ4v) is 10.1. The smallest absolute Gasteiger partial charge is 0.263 e. The Labute approximate surface area is 293 Å². The molecule has 3 heterocycles. The molecule has 1 saturated heterocycles. The number of aryl methyl sites for hydroxylation is 1. The lowest BCUT2D eigenvalue weighted by Crippen LogP contribution is -2.52. The molecule has 1 amide bonds. The molecule has 8 nitrogen and oxygen atoms in total. The number of halogens is 1. The minimum absolute atomic E-state index is 0.167. The molecule has 262 valence electrons. The van der Waals surface area contributed by atoms with Gasteiger partial charge in [-0.1, -0.05) is 31.0 Å². The van der Waals surface area contributed by atoms with Gasteiger partial charge in [0, 0.05) is 35.0 Å². The molecule has 2 aromatic carbocycles. The van der Waals surface area contributed by atoms with E-state index < -0.39 is 11.0 Å². The fraction of sp³-hybridized carbons (Fsp3) is 0.658. The molecule has 48 heavy (non-hydrogen) atoms. The Morgan fingerprint density at radius 2 is 1.81 bits per heavy atom. The van der Waals surface area contributed by atoms with Crippen LogP contribution >= 0.6 is 11.6 Å². The van der Waals surface area contributed by atoms with Crippen molar-refractivity contribution < 1.29 is 23.2 Å². The Bertz CT molecular complexity index is 1520. The number of fused-ring (bicyclic) bond motifs is 4. The van der Waals surface area contributed by atoms with E-state index >= 15 is 0 Å². The molecule has 6 unspecified atom stereocenters. The molecule has 1 N–H and O–H groups in total. The molecule has 1 spiro atoms. The number of carbonyl (C=O) groups is 1. The zero-order valence-corrected chi connectivity index (χ0v) is 30.5. The van der Waals surface area contributed by atoms with Crippen LogP contribution in [-0.4, -0.2) is 79.6 Å². The van der Waals surface area contributed by atoms with Crippen LogP contribution in [0.25, 0.3) is 0 Å². The number of nitrogens with zero attached hydrogens (tertiary/aromatic N) is 2. The first-order chi connectivity index (χ1) is 23.1. The molecule has 2 aromatic rings. The summed E-state index contributed by atoms with van der Waals surface area (Å²) in [6, 6.07) is 12.3. The first-order valence-electron chi connectivity index (χ1n) is 18.0. The summed E-state index contributed by atoms with van der Waals surface area (Å²) >= 11 is 6.48. The predicted octanol–water partition coefficient (Wildman–Crippen LogP) is 6.36. The topological polar surface area (TPSA) is 80.3 Å². The van der Waals surface area contributed by atoms with E-state index in [4.69, 9.17) is 25.8 Å². The third-order valence-corrected chi connectivity index (χ3v) is 14.1. The lowest BCUT2D eigenvalue weighted by atomic mass is 9.64. The van der Waals surface area contributed by atoms with Crippen molar-refractivity contribution in [1.82, 2.24) is 9.62 Å². The normalized spacial score (nSPS) is 35.9. The van der Waals surface area contributed by atoms with Crippen LogP contribution in [0.3, 0.4) is 0 Å². The van der Waals surface area contributed by atoms with Crippen LogP contribution in [0.4, 0.5) is 5.69 Å². The number of benzene rings is 2. The average Bonchev–Trinajstić information content (AvgIpc) is 3.22. The molecular formula is C38H52ClN3O5S. The molecule has 3 aliphatic heterocycles. The van der Waals surface area contributed by atoms with E-state index in [1.807, 2.05) is 31.2 Å². The Morgan fingerprint density at radius 3 is 2.56 bits per heavy atom. The van der Waals surface area contributed by atoms with Gasteiger partial charge in [-0.05, 0) is 125 Å². The third kappa shape index (κ3) is 6.79. The number of hydrogen-bond acceptors (Lipinski definition) is 7. The van der Waals surface area contributed by atoms with Gasteiger partial charge < -0.3 is 24.0 Å². The fourth-order valence-electron chi connectivity index (χ4n) is 8.89. The molecule has 7 rings (SSSR count). The van der Waals surface area contributed by atoms with E-state index in [1.165, 1.54) is 11.1 Å². The summed E-state index contributed by atoms with van der Waals surface area (Å²) in [6.45, 7) is 7.75. The maximum atomic E-state index is 13.5. The standard InChI is InChI=1S/C38H52ClN3O5S/c1-24-7-5-9-32(37-45-20-30(21-46-37)41(3)4)31-13-10-28(31)19-42-22-38(16-6-8-26-17-29(39)12-14-33(26)38)23-47-35-15-11-27(18-34(35)42)36(43)40-48(44)25(24)2/h11-12,14-15,17-18,24-25,28,30-32,37H,5-10,13,16,19-23H2,1-4H3,(H,40,43)/t24?,25?,28?,30?,31?,32?,37?,38-,48?/m0/s1. The van der Waals surface area contributed by atoms with Crippen molar-refractivity contribution in [2.24, 2.45) is 23.7 Å². The summed E-state index contributed by atoms with van der Waals surface area (Å²) in [5, 5.41) is 0.609. The third-order valence-electron chi connectivity index (χ3n) is 12.3. The molecule has 2 bridgehead atoms. The van der Waals surface area contributed by atoms with Gasteiger partial charge in [0.2, 0.25) is 0 Å². The van der Waals surface area contributed by atoms with Gasteiger partial charge >= 0.3 is 0 Å². The number of hydrogen-bond donors (Lipinski definition) is 1. The van der Waals surface area contributed by atoms with Crippen LogP contribution in [0.5, 0.6) is 5.75 Å². The molecule has 2 fully saturated rings. The van der Waals surface area contributed by atoms with Crippen LogP contribution in [-0.2, 0) is 32.3 Å². The Kier molecular flexibility index (Phi) is 10.2. The van der Waals surface area contributed by atoms with Crippen molar-refractivity contribution in [2.75, 3.05) is 51.9 Å². The highest BCUT2D eigenvalue weighted by Gasteiger charge is 2.46. The van der Waals surface area contributed by atoms with Crippen molar-refractivity contribution >= 4 is 34.2 Å². The Hall–Kier alpha value is -2.17. The lowest BCUT2D eigenvalue weighted by Gasteiger charge is -2.49. The van der Waals surface area contributed by atoms with Crippen LogP contribution in [0.15, 0.2) is 36.4 Å². The minimum Gasteiger partial charge on any atom is -0.490 e. The molecular weight excluding hydrogens is 646 g/mol. The highest BCUT2D eigenvalue weighted by Crippen LogP contribution is 2.49. The highest BCUT2D eigenvalue weighted by molar-refractivity contribution is 7.84. The number of likely N-dealkylation sites (N-methyl/N-ethyl adjacent to an activating group) is 1. The predicted molar refractivity (Wildman–Crippen MR) is 191 cm³/mol. The van der Waals surface area contributed by atoms with Gasteiger partial charge in [-0.2, -0.15) is 0 Å². The van der Waals surface area contributed by atoms with Crippen LogP contribution < -0.4 is 14.4 Å². The summed E-state index contributed by atoms with van der Waals surface area (Å²) in [5.74, 6) is 1.95. The molecule has 0 aromatic heterocycles. The number of amides is 1. The zero-order chi connectivity index (χ0) is 33.6. The lowest BCUT2D eigenvalue weighted by molar-refractivity contribution is -0.240. The maximum Gasteiger partial charge on any atom is 0.263 e. The van der Waals surface area contributed by atoms with Crippen LogP contribution in [0.2, 0.25) is 5.02 Å². The summed E-state index contributed by atoms with van der Waals surface area (Å²) in [4.78, 5) is 18.2. The van der Waals surface area contributed by atoms with E-state index in [1.54, 1.807) is 0 Å². The molecule has 2 aliphatic carbocycles. The van der Waals surface area contributed by atoms with E-state index in [-0.39, 0.29) is 34.8 Å². The van der Waals surface area contributed by atoms with E-state index in [9.17, 15) is 9.00 Å². The molecule has 7 atom stereocenters. The number of anilines is 1. The second kappa shape index (κ2) is 14.2. The van der Waals surface area contributed by atoms with Crippen molar-refractivity contribution in [3.05, 3.63) is 58.1 Å². The van der Waals surface area contributed by atoms with Crippen LogP contribution in [0, 0.1) is 23.7 Å².